The Morgan fingerprint density at radius 2 is 1.86 bits per heavy atom. The van der Waals surface area contributed by atoms with E-state index in [1.54, 1.807) is 48.7 Å². The lowest BCUT2D eigenvalue weighted by atomic mass is 10.3. The molecule has 0 aliphatic heterocycles. The molecular formula is C14H11BrN4O2. The molecule has 7 heteroatoms. The number of benzene rings is 1. The molecule has 0 atom stereocenters. The zero-order valence-corrected chi connectivity index (χ0v) is 12.4. The first kappa shape index (κ1) is 14.9. The molecule has 21 heavy (non-hydrogen) atoms. The normalized spacial score (nSPS) is 10.3. The van der Waals surface area contributed by atoms with Crippen LogP contribution >= 0.6 is 15.9 Å². The maximum atomic E-state index is 11.6. The Bertz CT molecular complexity index is 656. The fourth-order valence-corrected chi connectivity index (χ4v) is 1.65. The molecule has 0 aliphatic carbocycles. The minimum atomic E-state index is -0.856. The van der Waals surface area contributed by atoms with Crippen molar-refractivity contribution < 1.29 is 9.59 Å². The summed E-state index contributed by atoms with van der Waals surface area (Å²) in [6, 6.07) is 12.1. The van der Waals surface area contributed by atoms with Crippen LogP contribution in [0.2, 0.25) is 0 Å². The molecule has 0 saturated heterocycles. The third-order valence-electron chi connectivity index (χ3n) is 2.36. The average Bonchev–Trinajstić information content (AvgIpc) is 2.50. The molecular weight excluding hydrogens is 336 g/mol. The summed E-state index contributed by atoms with van der Waals surface area (Å²) in [5.74, 6) is -1.65. The number of carbonyl (C=O) groups is 2. The van der Waals surface area contributed by atoms with E-state index in [4.69, 9.17) is 0 Å². The summed E-state index contributed by atoms with van der Waals surface area (Å²) >= 11 is 3.28. The molecule has 2 aromatic rings. The van der Waals surface area contributed by atoms with Crippen molar-refractivity contribution in [2.24, 2.45) is 5.10 Å². The van der Waals surface area contributed by atoms with Crippen LogP contribution in [0, 0.1) is 0 Å². The maximum absolute atomic E-state index is 11.6. The molecule has 2 amide bonds. The lowest BCUT2D eigenvalue weighted by Gasteiger charge is -2.03. The summed E-state index contributed by atoms with van der Waals surface area (Å²) in [6.07, 6.45) is 2.95. The van der Waals surface area contributed by atoms with Crippen molar-refractivity contribution in [2.45, 2.75) is 0 Å². The predicted molar refractivity (Wildman–Crippen MR) is 82.7 cm³/mol. The lowest BCUT2D eigenvalue weighted by Crippen LogP contribution is -2.32. The molecule has 0 unspecified atom stereocenters. The number of nitrogens with zero attached hydrogens (tertiary/aromatic N) is 2. The Morgan fingerprint density at radius 1 is 1.10 bits per heavy atom. The second-order valence-corrected chi connectivity index (χ2v) is 4.83. The average molecular weight is 347 g/mol. The Morgan fingerprint density at radius 3 is 2.52 bits per heavy atom. The number of anilines is 1. The number of pyridine rings is 1. The van der Waals surface area contributed by atoms with Gasteiger partial charge in [-0.25, -0.2) is 5.43 Å². The summed E-state index contributed by atoms with van der Waals surface area (Å²) in [5, 5.41) is 6.12. The summed E-state index contributed by atoms with van der Waals surface area (Å²) in [4.78, 5) is 27.1. The molecule has 0 radical (unpaired) electrons. The van der Waals surface area contributed by atoms with Crippen molar-refractivity contribution in [3.63, 3.8) is 0 Å². The third-order valence-corrected chi connectivity index (χ3v) is 2.89. The zero-order valence-electron chi connectivity index (χ0n) is 10.8. The van der Waals surface area contributed by atoms with Crippen LogP contribution in [-0.4, -0.2) is 23.0 Å². The molecule has 1 heterocycles. The van der Waals surface area contributed by atoms with Crippen molar-refractivity contribution in [1.29, 1.82) is 0 Å². The van der Waals surface area contributed by atoms with Crippen molar-refractivity contribution in [3.8, 4) is 0 Å². The number of nitrogens with one attached hydrogen (secondary N) is 2. The van der Waals surface area contributed by atoms with E-state index in [2.05, 4.69) is 36.8 Å². The van der Waals surface area contributed by atoms with Gasteiger partial charge in [-0.05, 0) is 36.4 Å². The lowest BCUT2D eigenvalue weighted by molar-refractivity contribution is -0.136. The number of hydrogen-bond donors (Lipinski definition) is 2. The first-order valence-corrected chi connectivity index (χ1v) is 6.75. The highest BCUT2D eigenvalue weighted by Gasteiger charge is 2.12. The molecule has 2 rings (SSSR count). The van der Waals surface area contributed by atoms with E-state index in [-0.39, 0.29) is 0 Å². The van der Waals surface area contributed by atoms with Gasteiger partial charge in [0.15, 0.2) is 0 Å². The highest BCUT2D eigenvalue weighted by Crippen LogP contribution is 2.13. The highest BCUT2D eigenvalue weighted by atomic mass is 79.9. The van der Waals surface area contributed by atoms with Gasteiger partial charge in [0.25, 0.3) is 0 Å². The topological polar surface area (TPSA) is 83.5 Å². The quantitative estimate of drug-likeness (QED) is 0.506. The van der Waals surface area contributed by atoms with Crippen molar-refractivity contribution in [1.82, 2.24) is 10.4 Å². The Kier molecular flexibility index (Phi) is 5.16. The summed E-state index contributed by atoms with van der Waals surface area (Å²) in [7, 11) is 0. The van der Waals surface area contributed by atoms with Crippen LogP contribution in [-0.2, 0) is 9.59 Å². The van der Waals surface area contributed by atoms with E-state index in [0.717, 1.165) is 4.47 Å². The number of hydrogen-bond acceptors (Lipinski definition) is 4. The Hall–Kier alpha value is -2.54. The van der Waals surface area contributed by atoms with Crippen molar-refractivity contribution in [3.05, 3.63) is 58.8 Å². The summed E-state index contributed by atoms with van der Waals surface area (Å²) in [6.45, 7) is 0. The van der Waals surface area contributed by atoms with Gasteiger partial charge in [-0.15, -0.1) is 0 Å². The van der Waals surface area contributed by atoms with Gasteiger partial charge < -0.3 is 5.32 Å². The van der Waals surface area contributed by atoms with E-state index in [0.29, 0.717) is 11.4 Å². The number of rotatable bonds is 3. The minimum absolute atomic E-state index is 0.520. The van der Waals surface area contributed by atoms with Crippen LogP contribution in [0.25, 0.3) is 0 Å². The van der Waals surface area contributed by atoms with Gasteiger partial charge in [0, 0.05) is 16.4 Å². The van der Waals surface area contributed by atoms with Gasteiger partial charge in [0.1, 0.15) is 0 Å². The second-order valence-electron chi connectivity index (χ2n) is 3.91. The number of carbonyl (C=O) groups excluding carboxylic acids is 2. The van der Waals surface area contributed by atoms with Gasteiger partial charge in [0.05, 0.1) is 11.9 Å². The Labute approximate surface area is 129 Å². The monoisotopic (exact) mass is 346 g/mol. The molecule has 0 spiro atoms. The molecule has 0 aliphatic rings. The highest BCUT2D eigenvalue weighted by molar-refractivity contribution is 9.10. The van der Waals surface area contributed by atoms with E-state index in [1.165, 1.54) is 6.21 Å². The second kappa shape index (κ2) is 7.30. The molecule has 1 aromatic carbocycles. The fraction of sp³-hybridized carbons (Fsp3) is 0. The minimum Gasteiger partial charge on any atom is -0.318 e. The maximum Gasteiger partial charge on any atom is 0.329 e. The van der Waals surface area contributed by atoms with E-state index in [1.807, 2.05) is 0 Å². The molecule has 2 N–H and O–H groups in total. The van der Waals surface area contributed by atoms with Crippen LogP contribution < -0.4 is 10.7 Å². The zero-order chi connectivity index (χ0) is 15.1. The predicted octanol–water partition coefficient (Wildman–Crippen LogP) is 1.93. The van der Waals surface area contributed by atoms with Gasteiger partial charge in [0.2, 0.25) is 0 Å². The van der Waals surface area contributed by atoms with Crippen molar-refractivity contribution in [2.75, 3.05) is 5.32 Å². The first-order chi connectivity index (χ1) is 10.1. The molecule has 0 bridgehead atoms. The standard InChI is InChI=1S/C14H11BrN4O2/c15-10-4-6-11(7-5-10)18-13(20)14(21)19-17-9-12-3-1-2-8-16-12/h1-9H,(H,18,20)(H,19,21)/b17-9+. The van der Waals surface area contributed by atoms with E-state index in [9.17, 15) is 9.59 Å². The van der Waals surface area contributed by atoms with Gasteiger partial charge in [-0.3, -0.25) is 14.6 Å². The molecule has 6 nitrogen and oxygen atoms in total. The molecule has 0 saturated carbocycles. The SMILES string of the molecule is O=C(N/N=C/c1ccccn1)C(=O)Nc1ccc(Br)cc1. The van der Waals surface area contributed by atoms with Crippen LogP contribution in [0.5, 0.6) is 0 Å². The molecule has 0 fully saturated rings. The number of halogens is 1. The summed E-state index contributed by atoms with van der Waals surface area (Å²) < 4.78 is 0.880. The first-order valence-electron chi connectivity index (χ1n) is 5.96. The van der Waals surface area contributed by atoms with E-state index >= 15 is 0 Å². The van der Waals surface area contributed by atoms with Crippen LogP contribution in [0.15, 0.2) is 58.2 Å². The fourth-order valence-electron chi connectivity index (χ4n) is 1.38. The number of hydrazone groups is 1. The number of amides is 2. The summed E-state index contributed by atoms with van der Waals surface area (Å²) in [5.41, 5.74) is 3.23. The molecule has 106 valence electrons. The van der Waals surface area contributed by atoms with Crippen LogP contribution in [0.1, 0.15) is 5.69 Å². The Balaban J connectivity index is 1.87. The van der Waals surface area contributed by atoms with Gasteiger partial charge in [-0.2, -0.15) is 5.10 Å². The van der Waals surface area contributed by atoms with Gasteiger partial charge >= 0.3 is 11.8 Å². The van der Waals surface area contributed by atoms with E-state index < -0.39 is 11.8 Å². The van der Waals surface area contributed by atoms with Crippen molar-refractivity contribution >= 4 is 39.6 Å². The smallest absolute Gasteiger partial charge is 0.318 e. The third kappa shape index (κ3) is 4.81. The van der Waals surface area contributed by atoms with Gasteiger partial charge in [-0.1, -0.05) is 22.0 Å². The molecule has 1 aromatic heterocycles. The number of aromatic nitrogens is 1. The largest absolute Gasteiger partial charge is 0.329 e. The van der Waals surface area contributed by atoms with Crippen LogP contribution in [0.3, 0.4) is 0 Å². The van der Waals surface area contributed by atoms with Crippen LogP contribution in [0.4, 0.5) is 5.69 Å².